The number of ether oxygens (including phenoxy) is 1. The Morgan fingerprint density at radius 3 is 2.67 bits per heavy atom. The Balaban J connectivity index is 2.91. The van der Waals surface area contributed by atoms with Crippen LogP contribution in [0.1, 0.15) is 18.2 Å². The van der Waals surface area contributed by atoms with E-state index in [0.29, 0.717) is 0 Å². The molecule has 96 valence electrons. The Hall–Kier alpha value is -1.29. The molecule has 1 N–H and O–H groups in total. The zero-order valence-corrected chi connectivity index (χ0v) is 12.7. The van der Waals surface area contributed by atoms with E-state index in [9.17, 15) is 0 Å². The first kappa shape index (κ1) is 13.1. The second-order valence-corrected chi connectivity index (χ2v) is 5.06. The number of pyridine rings is 1. The average Bonchev–Trinajstić information content (AvgIpc) is 2.36. The summed E-state index contributed by atoms with van der Waals surface area (Å²) in [5, 5.41) is 4.46. The molecule has 0 bridgehead atoms. The maximum Gasteiger partial charge on any atom is 0.130 e. The number of nitrogens with zero attached hydrogens (tertiary/aromatic N) is 1. The molecular weight excluding hydrogens is 292 g/mol. The van der Waals surface area contributed by atoms with Crippen molar-refractivity contribution in [1.82, 2.24) is 4.98 Å². The summed E-state index contributed by atoms with van der Waals surface area (Å²) in [5.74, 6) is 0.847. The molecule has 1 aromatic heterocycles. The molecule has 2 rings (SSSR count). The van der Waals surface area contributed by atoms with Crippen LogP contribution in [0, 0.1) is 13.8 Å². The first-order valence-electron chi connectivity index (χ1n) is 5.97. The van der Waals surface area contributed by atoms with Gasteiger partial charge in [0.2, 0.25) is 0 Å². The van der Waals surface area contributed by atoms with Gasteiger partial charge < -0.3 is 10.1 Å². The molecule has 18 heavy (non-hydrogen) atoms. The molecule has 1 heterocycles. The Kier molecular flexibility index (Phi) is 3.76. The third-order valence-corrected chi connectivity index (χ3v) is 3.75. The van der Waals surface area contributed by atoms with E-state index in [4.69, 9.17) is 4.74 Å². The van der Waals surface area contributed by atoms with Crippen LogP contribution in [-0.4, -0.2) is 18.6 Å². The molecule has 3 nitrogen and oxygen atoms in total. The minimum absolute atomic E-state index is 0.847. The second-order valence-electron chi connectivity index (χ2n) is 4.20. The number of methoxy groups -OCH3 is 1. The lowest BCUT2D eigenvalue weighted by atomic mass is 10.1. The minimum Gasteiger partial charge on any atom is -0.496 e. The normalized spacial score (nSPS) is 10.7. The van der Waals surface area contributed by atoms with Crippen LogP contribution >= 0.6 is 15.9 Å². The van der Waals surface area contributed by atoms with E-state index >= 15 is 0 Å². The quantitative estimate of drug-likeness (QED) is 0.928. The Morgan fingerprint density at radius 1 is 1.33 bits per heavy atom. The fraction of sp³-hybridized carbons (Fsp3) is 0.357. The maximum absolute atomic E-state index is 5.46. The molecule has 0 fully saturated rings. The standard InChI is InChI=1S/C14H17BrN2O/c1-5-16-13-8(2)9(3)17-14-10(15)6-7-11(18-4)12(13)14/h6-7H,5H2,1-4H3,(H,16,17). The Bertz CT molecular complexity index is 596. The van der Waals surface area contributed by atoms with E-state index in [0.717, 1.165) is 39.1 Å². The summed E-state index contributed by atoms with van der Waals surface area (Å²) in [6.07, 6.45) is 0. The van der Waals surface area contributed by atoms with E-state index in [1.807, 2.05) is 19.1 Å². The molecule has 0 aliphatic heterocycles. The van der Waals surface area contributed by atoms with Gasteiger partial charge in [-0.15, -0.1) is 0 Å². The van der Waals surface area contributed by atoms with Crippen molar-refractivity contribution in [2.24, 2.45) is 0 Å². The number of benzene rings is 1. The average molecular weight is 309 g/mol. The zero-order chi connectivity index (χ0) is 13.3. The number of nitrogens with one attached hydrogen (secondary N) is 1. The number of rotatable bonds is 3. The summed E-state index contributed by atoms with van der Waals surface area (Å²) >= 11 is 3.56. The highest BCUT2D eigenvalue weighted by atomic mass is 79.9. The summed E-state index contributed by atoms with van der Waals surface area (Å²) in [6, 6.07) is 3.93. The topological polar surface area (TPSA) is 34.2 Å². The maximum atomic E-state index is 5.46. The monoisotopic (exact) mass is 308 g/mol. The smallest absolute Gasteiger partial charge is 0.130 e. The summed E-state index contributed by atoms with van der Waals surface area (Å²) in [4.78, 5) is 4.66. The highest BCUT2D eigenvalue weighted by Gasteiger charge is 2.15. The van der Waals surface area contributed by atoms with Gasteiger partial charge in [0.1, 0.15) is 5.75 Å². The minimum atomic E-state index is 0.847. The van der Waals surface area contributed by atoms with Gasteiger partial charge >= 0.3 is 0 Å². The van der Waals surface area contributed by atoms with Gasteiger partial charge in [0, 0.05) is 16.7 Å². The van der Waals surface area contributed by atoms with Crippen molar-refractivity contribution in [2.45, 2.75) is 20.8 Å². The first-order chi connectivity index (χ1) is 8.60. The summed E-state index contributed by atoms with van der Waals surface area (Å²) < 4.78 is 6.45. The molecule has 1 aromatic carbocycles. The SMILES string of the molecule is CCNc1c(C)c(C)nc2c(Br)ccc(OC)c12. The van der Waals surface area contributed by atoms with Gasteiger partial charge in [-0.05, 0) is 54.4 Å². The molecule has 0 spiro atoms. The number of fused-ring (bicyclic) bond motifs is 1. The first-order valence-corrected chi connectivity index (χ1v) is 6.76. The molecule has 0 aliphatic carbocycles. The number of anilines is 1. The third kappa shape index (κ3) is 2.05. The van der Waals surface area contributed by atoms with Gasteiger partial charge in [0.05, 0.1) is 23.7 Å². The largest absolute Gasteiger partial charge is 0.496 e. The van der Waals surface area contributed by atoms with Gasteiger partial charge in [0.15, 0.2) is 0 Å². The molecule has 2 aromatic rings. The number of aromatic nitrogens is 1. The van der Waals surface area contributed by atoms with Crippen LogP contribution in [0.3, 0.4) is 0 Å². The predicted molar refractivity (Wildman–Crippen MR) is 79.6 cm³/mol. The molecular formula is C14H17BrN2O. The molecule has 0 aliphatic rings. The molecule has 0 unspecified atom stereocenters. The van der Waals surface area contributed by atoms with Crippen molar-refractivity contribution in [2.75, 3.05) is 19.0 Å². The van der Waals surface area contributed by atoms with Crippen LogP contribution in [-0.2, 0) is 0 Å². The van der Waals surface area contributed by atoms with Crippen LogP contribution in [0.2, 0.25) is 0 Å². The Morgan fingerprint density at radius 2 is 2.06 bits per heavy atom. The molecule has 4 heteroatoms. The fourth-order valence-corrected chi connectivity index (χ4v) is 2.51. The fourth-order valence-electron chi connectivity index (χ4n) is 2.09. The third-order valence-electron chi connectivity index (χ3n) is 3.11. The molecule has 0 amide bonds. The number of hydrogen-bond donors (Lipinski definition) is 1. The van der Waals surface area contributed by atoms with E-state index in [1.165, 1.54) is 5.56 Å². The van der Waals surface area contributed by atoms with Crippen molar-refractivity contribution < 1.29 is 4.74 Å². The number of hydrogen-bond acceptors (Lipinski definition) is 3. The van der Waals surface area contributed by atoms with E-state index < -0.39 is 0 Å². The summed E-state index contributed by atoms with van der Waals surface area (Å²) in [6.45, 7) is 7.07. The van der Waals surface area contributed by atoms with E-state index in [-0.39, 0.29) is 0 Å². The lowest BCUT2D eigenvalue weighted by molar-refractivity contribution is 0.420. The molecule has 0 saturated carbocycles. The highest BCUT2D eigenvalue weighted by Crippen LogP contribution is 2.38. The summed E-state index contributed by atoms with van der Waals surface area (Å²) in [7, 11) is 1.69. The second kappa shape index (κ2) is 5.14. The molecule has 0 atom stereocenters. The van der Waals surface area contributed by atoms with Crippen LogP contribution < -0.4 is 10.1 Å². The Labute approximate surface area is 116 Å². The lowest BCUT2D eigenvalue weighted by Crippen LogP contribution is -2.04. The lowest BCUT2D eigenvalue weighted by Gasteiger charge is -2.16. The van der Waals surface area contributed by atoms with Crippen molar-refractivity contribution >= 4 is 32.5 Å². The van der Waals surface area contributed by atoms with Gasteiger partial charge in [0.25, 0.3) is 0 Å². The van der Waals surface area contributed by atoms with Crippen LogP contribution in [0.5, 0.6) is 5.75 Å². The summed E-state index contributed by atoms with van der Waals surface area (Å²) in [5.41, 5.74) is 4.25. The van der Waals surface area contributed by atoms with Crippen molar-refractivity contribution in [1.29, 1.82) is 0 Å². The van der Waals surface area contributed by atoms with Crippen LogP contribution in [0.15, 0.2) is 16.6 Å². The predicted octanol–water partition coefficient (Wildman–Crippen LogP) is 4.05. The number of halogens is 1. The van der Waals surface area contributed by atoms with Gasteiger partial charge in [-0.3, -0.25) is 4.98 Å². The van der Waals surface area contributed by atoms with Crippen LogP contribution in [0.4, 0.5) is 5.69 Å². The van der Waals surface area contributed by atoms with Crippen molar-refractivity contribution in [3.8, 4) is 5.75 Å². The van der Waals surface area contributed by atoms with Gasteiger partial charge in [-0.25, -0.2) is 0 Å². The van der Waals surface area contributed by atoms with Crippen molar-refractivity contribution in [3.63, 3.8) is 0 Å². The van der Waals surface area contributed by atoms with Crippen molar-refractivity contribution in [3.05, 3.63) is 27.9 Å². The van der Waals surface area contributed by atoms with E-state index in [1.54, 1.807) is 7.11 Å². The van der Waals surface area contributed by atoms with Gasteiger partial charge in [-0.2, -0.15) is 0 Å². The van der Waals surface area contributed by atoms with Crippen LogP contribution in [0.25, 0.3) is 10.9 Å². The van der Waals surface area contributed by atoms with Gasteiger partial charge in [-0.1, -0.05) is 0 Å². The van der Waals surface area contributed by atoms with E-state index in [2.05, 4.69) is 40.1 Å². The number of aryl methyl sites for hydroxylation is 1. The molecule has 0 saturated heterocycles. The zero-order valence-electron chi connectivity index (χ0n) is 11.1. The highest BCUT2D eigenvalue weighted by molar-refractivity contribution is 9.10. The molecule has 0 radical (unpaired) electrons.